The van der Waals surface area contributed by atoms with Crippen molar-refractivity contribution < 1.29 is 4.84 Å². The molecule has 0 aliphatic rings. The summed E-state index contributed by atoms with van der Waals surface area (Å²) in [4.78, 5) is 17.4. The van der Waals surface area contributed by atoms with Gasteiger partial charge < -0.3 is 4.84 Å². The summed E-state index contributed by atoms with van der Waals surface area (Å²) >= 11 is 0. The second kappa shape index (κ2) is 4.81. The molecule has 0 fully saturated rings. The van der Waals surface area contributed by atoms with Gasteiger partial charge in [-0.25, -0.2) is 14.6 Å². The molecular formula is C12H10N6O. The van der Waals surface area contributed by atoms with Crippen molar-refractivity contribution in [3.05, 3.63) is 43.2 Å². The maximum absolute atomic E-state index is 5.35. The summed E-state index contributed by atoms with van der Waals surface area (Å²) in [6.07, 6.45) is 4.41. The number of fused-ring (bicyclic) bond motifs is 1. The van der Waals surface area contributed by atoms with Crippen LogP contribution in [-0.4, -0.2) is 30.6 Å². The Morgan fingerprint density at radius 2 is 2.11 bits per heavy atom. The normalized spacial score (nSPS) is 11.7. The molecule has 1 aromatic carbocycles. The van der Waals surface area contributed by atoms with Crippen LogP contribution in [0.1, 0.15) is 6.92 Å². The van der Waals surface area contributed by atoms with Gasteiger partial charge >= 0.3 is 0 Å². The smallest absolute Gasteiger partial charge is 0.259 e. The predicted octanol–water partition coefficient (Wildman–Crippen LogP) is 1.48. The lowest BCUT2D eigenvalue weighted by Gasteiger charge is -2.03. The van der Waals surface area contributed by atoms with Crippen LogP contribution in [0.25, 0.3) is 10.9 Å². The zero-order valence-electron chi connectivity index (χ0n) is 10.1. The van der Waals surface area contributed by atoms with Crippen LogP contribution >= 0.6 is 0 Å². The molecule has 0 atom stereocenters. The minimum atomic E-state index is 0.407. The largest absolute Gasteiger partial charge is 0.334 e. The number of hydrogen-bond donors (Lipinski definition) is 0. The summed E-state index contributed by atoms with van der Waals surface area (Å²) in [7, 11) is 0. The maximum atomic E-state index is 5.35. The lowest BCUT2D eigenvalue weighted by atomic mass is 10.2. The van der Waals surface area contributed by atoms with E-state index in [1.165, 1.54) is 17.3 Å². The third kappa shape index (κ3) is 2.25. The standard InChI is InChI=1S/C12H10N6O/c1-9(18-8-13-6-16-18)17-19-12-10-4-2-3-5-11(10)14-7-15-12/h2-8H,1H3/b17-9-. The molecule has 0 bridgehead atoms. The van der Waals surface area contributed by atoms with Gasteiger partial charge in [-0.1, -0.05) is 17.3 Å². The number of para-hydroxylation sites is 1. The van der Waals surface area contributed by atoms with Gasteiger partial charge in [0.1, 0.15) is 19.0 Å². The van der Waals surface area contributed by atoms with Crippen LogP contribution in [0, 0.1) is 0 Å². The van der Waals surface area contributed by atoms with Gasteiger partial charge in [-0.15, -0.1) is 0 Å². The topological polar surface area (TPSA) is 78.1 Å². The fourth-order valence-electron chi connectivity index (χ4n) is 1.58. The van der Waals surface area contributed by atoms with Gasteiger partial charge in [-0.2, -0.15) is 10.1 Å². The summed E-state index contributed by atoms with van der Waals surface area (Å²) in [5.74, 6) is 0.963. The molecular weight excluding hydrogens is 244 g/mol. The molecule has 2 heterocycles. The van der Waals surface area contributed by atoms with Crippen molar-refractivity contribution in [3.63, 3.8) is 0 Å². The zero-order chi connectivity index (χ0) is 13.1. The molecule has 19 heavy (non-hydrogen) atoms. The van der Waals surface area contributed by atoms with Gasteiger partial charge in [0.15, 0.2) is 5.84 Å². The van der Waals surface area contributed by atoms with Crippen molar-refractivity contribution >= 4 is 16.7 Å². The van der Waals surface area contributed by atoms with E-state index in [0.29, 0.717) is 11.7 Å². The summed E-state index contributed by atoms with van der Waals surface area (Å²) < 4.78 is 1.50. The highest BCUT2D eigenvalue weighted by molar-refractivity contribution is 5.83. The monoisotopic (exact) mass is 254 g/mol. The Morgan fingerprint density at radius 1 is 1.21 bits per heavy atom. The second-order valence-electron chi connectivity index (χ2n) is 3.77. The Bertz CT molecular complexity index is 717. The van der Waals surface area contributed by atoms with Crippen LogP contribution in [0.3, 0.4) is 0 Å². The quantitative estimate of drug-likeness (QED) is 0.393. The number of rotatable bonds is 2. The van der Waals surface area contributed by atoms with Gasteiger partial charge in [0.2, 0.25) is 0 Å². The fraction of sp³-hybridized carbons (Fsp3) is 0.0833. The summed E-state index contributed by atoms with van der Waals surface area (Å²) in [6, 6.07) is 7.57. The highest BCUT2D eigenvalue weighted by atomic mass is 16.6. The van der Waals surface area contributed by atoms with E-state index >= 15 is 0 Å². The van der Waals surface area contributed by atoms with E-state index in [0.717, 1.165) is 10.9 Å². The highest BCUT2D eigenvalue weighted by Crippen LogP contribution is 2.20. The molecule has 0 aliphatic carbocycles. The van der Waals surface area contributed by atoms with Crippen LogP contribution in [0.15, 0.2) is 48.4 Å². The lowest BCUT2D eigenvalue weighted by Crippen LogP contribution is -2.09. The second-order valence-corrected chi connectivity index (χ2v) is 3.77. The molecule has 0 amide bonds. The SMILES string of the molecule is C/C(=N/Oc1ncnc2ccccc12)n1cncn1. The van der Waals surface area contributed by atoms with E-state index in [1.807, 2.05) is 24.3 Å². The van der Waals surface area contributed by atoms with Gasteiger partial charge in [-0.3, -0.25) is 0 Å². The summed E-state index contributed by atoms with van der Waals surface area (Å²) in [6.45, 7) is 1.76. The zero-order valence-corrected chi connectivity index (χ0v) is 10.1. The Kier molecular flexibility index (Phi) is 2.85. The number of nitrogens with zero attached hydrogens (tertiary/aromatic N) is 6. The van der Waals surface area contributed by atoms with Crippen molar-refractivity contribution in [2.24, 2.45) is 5.16 Å². The Balaban J connectivity index is 1.92. The lowest BCUT2D eigenvalue weighted by molar-refractivity contribution is 0.328. The van der Waals surface area contributed by atoms with Crippen LogP contribution in [0.5, 0.6) is 5.88 Å². The molecule has 3 aromatic rings. The predicted molar refractivity (Wildman–Crippen MR) is 68.7 cm³/mol. The van der Waals surface area contributed by atoms with Crippen molar-refractivity contribution in [1.29, 1.82) is 0 Å². The van der Waals surface area contributed by atoms with E-state index in [4.69, 9.17) is 4.84 Å². The maximum Gasteiger partial charge on any atom is 0.259 e. The first-order chi connectivity index (χ1) is 9.34. The van der Waals surface area contributed by atoms with Gasteiger partial charge in [0, 0.05) is 0 Å². The average Bonchev–Trinajstić information content (AvgIpc) is 2.99. The van der Waals surface area contributed by atoms with Crippen LogP contribution in [-0.2, 0) is 0 Å². The molecule has 3 rings (SSSR count). The first-order valence-electron chi connectivity index (χ1n) is 5.61. The molecule has 0 spiro atoms. The van der Waals surface area contributed by atoms with E-state index in [9.17, 15) is 0 Å². The molecule has 0 saturated heterocycles. The summed E-state index contributed by atoms with van der Waals surface area (Å²) in [5, 5.41) is 8.73. The van der Waals surface area contributed by atoms with Crippen molar-refractivity contribution in [1.82, 2.24) is 24.7 Å². The first-order valence-corrected chi connectivity index (χ1v) is 5.61. The summed E-state index contributed by atoms with van der Waals surface area (Å²) in [5.41, 5.74) is 0.807. The third-order valence-electron chi connectivity index (χ3n) is 2.52. The van der Waals surface area contributed by atoms with Gasteiger partial charge in [-0.05, 0) is 19.1 Å². The van der Waals surface area contributed by atoms with Crippen molar-refractivity contribution in [2.75, 3.05) is 0 Å². The van der Waals surface area contributed by atoms with Crippen LogP contribution in [0.4, 0.5) is 0 Å². The number of benzene rings is 1. The van der Waals surface area contributed by atoms with Crippen molar-refractivity contribution in [2.45, 2.75) is 6.92 Å². The minimum Gasteiger partial charge on any atom is -0.334 e. The molecule has 0 radical (unpaired) electrons. The van der Waals surface area contributed by atoms with Crippen molar-refractivity contribution in [3.8, 4) is 5.88 Å². The van der Waals surface area contributed by atoms with Crippen LogP contribution < -0.4 is 4.84 Å². The minimum absolute atomic E-state index is 0.407. The van der Waals surface area contributed by atoms with E-state index in [-0.39, 0.29) is 0 Å². The number of hydrogen-bond acceptors (Lipinski definition) is 6. The molecule has 0 N–H and O–H groups in total. The Morgan fingerprint density at radius 3 is 2.95 bits per heavy atom. The molecule has 2 aromatic heterocycles. The fourth-order valence-corrected chi connectivity index (χ4v) is 1.58. The molecule has 94 valence electrons. The van der Waals surface area contributed by atoms with E-state index in [2.05, 4.69) is 25.2 Å². The molecule has 7 nitrogen and oxygen atoms in total. The van der Waals surface area contributed by atoms with Gasteiger partial charge in [0.25, 0.3) is 5.88 Å². The molecule has 0 aliphatic heterocycles. The number of oxime groups is 1. The van der Waals surface area contributed by atoms with E-state index < -0.39 is 0 Å². The Labute approximate surface area is 108 Å². The Hall–Kier alpha value is -2.83. The molecule has 0 unspecified atom stereocenters. The van der Waals surface area contributed by atoms with Crippen LogP contribution in [0.2, 0.25) is 0 Å². The number of aromatic nitrogens is 5. The highest BCUT2D eigenvalue weighted by Gasteiger charge is 2.04. The van der Waals surface area contributed by atoms with E-state index in [1.54, 1.807) is 13.3 Å². The first kappa shape index (κ1) is 11.3. The third-order valence-corrected chi connectivity index (χ3v) is 2.52. The molecule has 0 saturated carbocycles. The van der Waals surface area contributed by atoms with Gasteiger partial charge in [0.05, 0.1) is 10.9 Å². The average molecular weight is 254 g/mol. The molecule has 7 heteroatoms.